The van der Waals surface area contributed by atoms with Gasteiger partial charge in [0.1, 0.15) is 16.6 Å². The molecule has 0 atom stereocenters. The van der Waals surface area contributed by atoms with Crippen LogP contribution in [0.1, 0.15) is 18.1 Å². The molecule has 5 nitrogen and oxygen atoms in total. The summed E-state index contributed by atoms with van der Waals surface area (Å²) in [5, 5.41) is 15.8. The van der Waals surface area contributed by atoms with Crippen molar-refractivity contribution in [3.63, 3.8) is 0 Å². The number of hydrogen-bond donors (Lipinski definition) is 2. The first-order valence-corrected chi connectivity index (χ1v) is 7.41. The average molecular weight is 321 g/mol. The molecule has 0 radical (unpaired) electrons. The molecule has 21 heavy (non-hydrogen) atoms. The van der Waals surface area contributed by atoms with Crippen LogP contribution in [-0.4, -0.2) is 16.8 Å². The van der Waals surface area contributed by atoms with Gasteiger partial charge in [-0.25, -0.2) is 0 Å². The Balaban J connectivity index is 1.89. The highest BCUT2D eigenvalue weighted by Gasteiger charge is 2.10. The number of benzene rings is 1. The highest BCUT2D eigenvalue weighted by molar-refractivity contribution is 7.10. The van der Waals surface area contributed by atoms with E-state index in [0.29, 0.717) is 17.1 Å². The lowest BCUT2D eigenvalue weighted by Crippen LogP contribution is -2.06. The summed E-state index contributed by atoms with van der Waals surface area (Å²) in [6, 6.07) is 9.67. The summed E-state index contributed by atoms with van der Waals surface area (Å²) in [4.78, 5) is 10.9. The van der Waals surface area contributed by atoms with Crippen LogP contribution in [0.4, 0.5) is 10.7 Å². The molecule has 1 heterocycles. The third kappa shape index (κ3) is 4.18. The summed E-state index contributed by atoms with van der Waals surface area (Å²) in [5.74, 6) is -0.0875. The third-order valence-electron chi connectivity index (χ3n) is 2.74. The fraction of sp³-hybridized carbons (Fsp3) is 0.214. The summed E-state index contributed by atoms with van der Waals surface area (Å²) in [6.45, 7) is 2.15. The van der Waals surface area contributed by atoms with Gasteiger partial charge in [-0.05, 0) is 35.6 Å². The minimum Gasteiger partial charge on any atom is -0.374 e. The average Bonchev–Trinajstić information content (AvgIpc) is 2.80. The van der Waals surface area contributed by atoms with Crippen molar-refractivity contribution in [2.24, 2.45) is 0 Å². The maximum absolute atomic E-state index is 10.9. The molecular formula is C14H13ClN4OS. The quantitative estimate of drug-likeness (QED) is 0.886. The van der Waals surface area contributed by atoms with Gasteiger partial charge in [0.15, 0.2) is 5.15 Å². The molecule has 108 valence electrons. The third-order valence-corrected chi connectivity index (χ3v) is 3.91. The van der Waals surface area contributed by atoms with Gasteiger partial charge in [0.2, 0.25) is 5.91 Å². The monoisotopic (exact) mass is 320 g/mol. The number of amides is 1. The van der Waals surface area contributed by atoms with Crippen LogP contribution >= 0.6 is 23.1 Å². The highest BCUT2D eigenvalue weighted by atomic mass is 35.5. The Labute approximate surface area is 131 Å². The predicted molar refractivity (Wildman–Crippen MR) is 84.8 cm³/mol. The Hall–Kier alpha value is -2.10. The van der Waals surface area contributed by atoms with Crippen molar-refractivity contribution in [1.29, 1.82) is 5.26 Å². The molecule has 1 aromatic heterocycles. The number of halogens is 1. The molecule has 0 aliphatic heterocycles. The maximum Gasteiger partial charge on any atom is 0.221 e. The van der Waals surface area contributed by atoms with Gasteiger partial charge in [0.05, 0.1) is 0 Å². The standard InChI is InChI=1S/C14H13ClN4OS/c1-9(20)18-11-4-2-10(3-5-11)6-7-17-14-12(8-16)13(15)19-21-14/h2-5,17H,6-7H2,1H3,(H,18,20). The van der Waals surface area contributed by atoms with Gasteiger partial charge in [0, 0.05) is 19.2 Å². The minimum atomic E-state index is -0.0875. The Morgan fingerprint density at radius 1 is 1.43 bits per heavy atom. The summed E-state index contributed by atoms with van der Waals surface area (Å²) in [7, 11) is 0. The van der Waals surface area contributed by atoms with Crippen LogP contribution in [-0.2, 0) is 11.2 Å². The number of nitrogens with zero attached hydrogens (tertiary/aromatic N) is 2. The topological polar surface area (TPSA) is 77.8 Å². The van der Waals surface area contributed by atoms with E-state index in [9.17, 15) is 4.79 Å². The molecule has 2 N–H and O–H groups in total. The summed E-state index contributed by atoms with van der Waals surface area (Å²) < 4.78 is 3.93. The summed E-state index contributed by atoms with van der Waals surface area (Å²) in [5.41, 5.74) is 2.30. The molecule has 0 saturated carbocycles. The zero-order valence-electron chi connectivity index (χ0n) is 11.3. The van der Waals surface area contributed by atoms with Gasteiger partial charge in [0.25, 0.3) is 0 Å². The van der Waals surface area contributed by atoms with Gasteiger partial charge in [-0.3, -0.25) is 4.79 Å². The number of anilines is 2. The first-order valence-electron chi connectivity index (χ1n) is 6.26. The Kier molecular flexibility index (Phi) is 5.14. The molecule has 0 bridgehead atoms. The molecule has 7 heteroatoms. The van der Waals surface area contributed by atoms with Crippen molar-refractivity contribution in [2.75, 3.05) is 17.2 Å². The second-order valence-electron chi connectivity index (χ2n) is 4.34. The van der Waals surface area contributed by atoms with Crippen molar-refractivity contribution < 1.29 is 4.79 Å². The maximum atomic E-state index is 10.9. The number of hydrogen-bond acceptors (Lipinski definition) is 5. The normalized spacial score (nSPS) is 9.95. The number of nitriles is 1. The van der Waals surface area contributed by atoms with Crippen LogP contribution in [0.3, 0.4) is 0 Å². The molecule has 0 fully saturated rings. The van der Waals surface area contributed by atoms with Gasteiger partial charge in [-0.2, -0.15) is 9.64 Å². The van der Waals surface area contributed by atoms with Crippen molar-refractivity contribution >= 4 is 39.7 Å². The SMILES string of the molecule is CC(=O)Nc1ccc(CCNc2snc(Cl)c2C#N)cc1. The zero-order chi connectivity index (χ0) is 15.2. The van der Waals surface area contributed by atoms with Gasteiger partial charge < -0.3 is 10.6 Å². The Bertz CT molecular complexity index is 675. The Morgan fingerprint density at radius 2 is 2.14 bits per heavy atom. The molecule has 0 spiro atoms. The van der Waals surface area contributed by atoms with E-state index >= 15 is 0 Å². The van der Waals surface area contributed by atoms with E-state index in [1.165, 1.54) is 18.5 Å². The fourth-order valence-corrected chi connectivity index (χ4v) is 2.73. The van der Waals surface area contributed by atoms with E-state index in [4.69, 9.17) is 16.9 Å². The smallest absolute Gasteiger partial charge is 0.221 e. The largest absolute Gasteiger partial charge is 0.374 e. The van der Waals surface area contributed by atoms with Crippen molar-refractivity contribution in [2.45, 2.75) is 13.3 Å². The Morgan fingerprint density at radius 3 is 2.76 bits per heavy atom. The molecule has 0 aliphatic rings. The van der Waals surface area contributed by atoms with E-state index < -0.39 is 0 Å². The van der Waals surface area contributed by atoms with Crippen molar-refractivity contribution in [1.82, 2.24) is 4.37 Å². The number of aromatic nitrogens is 1. The lowest BCUT2D eigenvalue weighted by molar-refractivity contribution is -0.114. The summed E-state index contributed by atoms with van der Waals surface area (Å²) >= 11 is 6.98. The molecule has 1 aromatic carbocycles. The first-order chi connectivity index (χ1) is 10.1. The zero-order valence-corrected chi connectivity index (χ0v) is 12.9. The second kappa shape index (κ2) is 7.07. The second-order valence-corrected chi connectivity index (χ2v) is 5.48. The van der Waals surface area contributed by atoms with Gasteiger partial charge in [-0.15, -0.1) is 0 Å². The van der Waals surface area contributed by atoms with Crippen molar-refractivity contribution in [3.05, 3.63) is 40.5 Å². The van der Waals surface area contributed by atoms with Gasteiger partial charge >= 0.3 is 0 Å². The van der Waals surface area contributed by atoms with E-state index in [1.807, 2.05) is 30.3 Å². The van der Waals surface area contributed by atoms with Crippen LogP contribution < -0.4 is 10.6 Å². The number of carbonyl (C=O) groups excluding carboxylic acids is 1. The van der Waals surface area contributed by atoms with E-state index in [1.54, 1.807) is 0 Å². The van der Waals surface area contributed by atoms with Crippen LogP contribution in [0.25, 0.3) is 0 Å². The van der Waals surface area contributed by atoms with Gasteiger partial charge in [-0.1, -0.05) is 23.7 Å². The van der Waals surface area contributed by atoms with Crippen LogP contribution in [0, 0.1) is 11.3 Å². The fourth-order valence-electron chi connectivity index (χ4n) is 1.77. The minimum absolute atomic E-state index is 0.0875. The van der Waals surface area contributed by atoms with Crippen LogP contribution in [0.15, 0.2) is 24.3 Å². The molecular weight excluding hydrogens is 308 g/mol. The van der Waals surface area contributed by atoms with E-state index in [0.717, 1.165) is 17.7 Å². The molecule has 1 amide bonds. The molecule has 2 rings (SSSR count). The lowest BCUT2D eigenvalue weighted by atomic mass is 10.1. The molecule has 0 saturated heterocycles. The number of rotatable bonds is 5. The molecule has 0 unspecified atom stereocenters. The van der Waals surface area contributed by atoms with E-state index in [-0.39, 0.29) is 11.1 Å². The van der Waals surface area contributed by atoms with E-state index in [2.05, 4.69) is 15.0 Å². The number of nitrogens with one attached hydrogen (secondary N) is 2. The number of carbonyl (C=O) groups is 1. The van der Waals surface area contributed by atoms with Crippen LogP contribution in [0.2, 0.25) is 5.15 Å². The van der Waals surface area contributed by atoms with Crippen molar-refractivity contribution in [3.8, 4) is 6.07 Å². The predicted octanol–water partition coefficient (Wildman–Crippen LogP) is 3.28. The van der Waals surface area contributed by atoms with Crippen LogP contribution in [0.5, 0.6) is 0 Å². The summed E-state index contributed by atoms with van der Waals surface area (Å²) in [6.07, 6.45) is 0.792. The first kappa shape index (κ1) is 15.3. The lowest BCUT2D eigenvalue weighted by Gasteiger charge is -2.06. The highest BCUT2D eigenvalue weighted by Crippen LogP contribution is 2.27. The molecule has 0 aliphatic carbocycles. The molecule has 2 aromatic rings.